The van der Waals surface area contributed by atoms with Crippen LogP contribution in [-0.2, 0) is 0 Å². The number of benzene rings is 3. The Hall–Kier alpha value is -4.64. The van der Waals surface area contributed by atoms with Crippen LogP contribution in [0.3, 0.4) is 0 Å². The van der Waals surface area contributed by atoms with E-state index in [-0.39, 0.29) is 0 Å². The lowest BCUT2D eigenvalue weighted by molar-refractivity contribution is 0.668. The number of hydrogen-bond acceptors (Lipinski definition) is 5. The van der Waals surface area contributed by atoms with Crippen LogP contribution in [-0.4, -0.2) is 9.97 Å². The molecule has 3 aromatic carbocycles. The normalized spacial score (nSPS) is 11.6. The van der Waals surface area contributed by atoms with Crippen molar-refractivity contribution in [2.75, 3.05) is 4.90 Å². The maximum absolute atomic E-state index is 5.99. The fourth-order valence-corrected chi connectivity index (χ4v) is 4.42. The van der Waals surface area contributed by atoms with Gasteiger partial charge >= 0.3 is 0 Å². The Kier molecular flexibility index (Phi) is 3.78. The summed E-state index contributed by atoms with van der Waals surface area (Å²) in [5.74, 6) is 0.806. The van der Waals surface area contributed by atoms with Gasteiger partial charge in [0.05, 0.1) is 0 Å². The Balaban J connectivity index is 1.48. The molecule has 0 saturated heterocycles. The molecule has 33 heavy (non-hydrogen) atoms. The molecule has 0 atom stereocenters. The van der Waals surface area contributed by atoms with E-state index in [1.54, 1.807) is 6.20 Å². The van der Waals surface area contributed by atoms with E-state index in [1.165, 1.54) is 0 Å². The third kappa shape index (κ3) is 2.79. The van der Waals surface area contributed by atoms with Crippen molar-refractivity contribution >= 4 is 61.3 Å². The number of pyridine rings is 2. The van der Waals surface area contributed by atoms with Gasteiger partial charge in [0.25, 0.3) is 0 Å². The minimum absolute atomic E-state index is 0.772. The topological polar surface area (TPSA) is 55.3 Å². The van der Waals surface area contributed by atoms with Gasteiger partial charge in [-0.3, -0.25) is 9.88 Å². The molecule has 5 heteroatoms. The lowest BCUT2D eigenvalue weighted by atomic mass is 10.1. The van der Waals surface area contributed by atoms with E-state index in [2.05, 4.69) is 34.1 Å². The summed E-state index contributed by atoms with van der Waals surface area (Å²) in [6.45, 7) is 0. The van der Waals surface area contributed by atoms with Crippen LogP contribution < -0.4 is 4.90 Å². The van der Waals surface area contributed by atoms with Gasteiger partial charge in [0.2, 0.25) is 0 Å². The molecular formula is C28H17N3O2. The summed E-state index contributed by atoms with van der Waals surface area (Å²) in [6.07, 6.45) is 1.79. The first-order valence-electron chi connectivity index (χ1n) is 10.8. The Morgan fingerprint density at radius 3 is 2.18 bits per heavy atom. The molecule has 0 amide bonds. The Morgan fingerprint density at radius 1 is 0.545 bits per heavy atom. The largest absolute Gasteiger partial charge is 0.454 e. The fraction of sp³-hybridized carbons (Fsp3) is 0. The second kappa shape index (κ2) is 6.93. The van der Waals surface area contributed by atoms with E-state index in [9.17, 15) is 0 Å². The van der Waals surface area contributed by atoms with Crippen LogP contribution >= 0.6 is 0 Å². The van der Waals surface area contributed by atoms with Gasteiger partial charge in [-0.2, -0.15) is 0 Å². The lowest BCUT2D eigenvalue weighted by Gasteiger charge is -2.24. The van der Waals surface area contributed by atoms with Gasteiger partial charge in [0.1, 0.15) is 28.0 Å². The van der Waals surface area contributed by atoms with E-state index in [4.69, 9.17) is 13.8 Å². The molecule has 0 N–H and O–H groups in total. The number of para-hydroxylation sites is 2. The number of hydrogen-bond donors (Lipinski definition) is 0. The van der Waals surface area contributed by atoms with Crippen molar-refractivity contribution < 1.29 is 8.83 Å². The van der Waals surface area contributed by atoms with Gasteiger partial charge in [0, 0.05) is 28.3 Å². The van der Waals surface area contributed by atoms with Gasteiger partial charge in [-0.25, -0.2) is 4.98 Å². The highest BCUT2D eigenvalue weighted by atomic mass is 16.3. The zero-order valence-electron chi connectivity index (χ0n) is 17.5. The van der Waals surface area contributed by atoms with Crippen molar-refractivity contribution in [3.8, 4) is 0 Å². The monoisotopic (exact) mass is 427 g/mol. The Morgan fingerprint density at radius 2 is 1.27 bits per heavy atom. The molecule has 4 heterocycles. The molecule has 4 aromatic heterocycles. The van der Waals surface area contributed by atoms with Crippen LogP contribution in [0.25, 0.3) is 44.1 Å². The summed E-state index contributed by atoms with van der Waals surface area (Å²) in [6, 6.07) is 32.2. The lowest BCUT2D eigenvalue weighted by Crippen LogP contribution is -2.11. The predicted molar refractivity (Wildman–Crippen MR) is 131 cm³/mol. The minimum atomic E-state index is 0.772. The summed E-state index contributed by atoms with van der Waals surface area (Å²) in [4.78, 5) is 11.7. The molecule has 7 aromatic rings. The van der Waals surface area contributed by atoms with Gasteiger partial charge < -0.3 is 8.83 Å². The molecule has 5 nitrogen and oxygen atoms in total. The quantitative estimate of drug-likeness (QED) is 0.289. The molecule has 0 unspecified atom stereocenters. The van der Waals surface area contributed by atoms with Crippen molar-refractivity contribution in [1.29, 1.82) is 0 Å². The van der Waals surface area contributed by atoms with E-state index < -0.39 is 0 Å². The van der Waals surface area contributed by atoms with Crippen LogP contribution in [0.5, 0.6) is 0 Å². The number of nitrogens with zero attached hydrogens (tertiary/aromatic N) is 3. The van der Waals surface area contributed by atoms with E-state index >= 15 is 0 Å². The first kappa shape index (κ1) is 18.0. The fourth-order valence-electron chi connectivity index (χ4n) is 4.42. The van der Waals surface area contributed by atoms with Gasteiger partial charge in [-0.15, -0.1) is 0 Å². The zero-order chi connectivity index (χ0) is 21.8. The highest BCUT2D eigenvalue weighted by molar-refractivity contribution is 6.05. The number of aromatic nitrogens is 2. The smallest absolute Gasteiger partial charge is 0.154 e. The molecule has 7 rings (SSSR count). The van der Waals surface area contributed by atoms with Crippen LogP contribution in [0.2, 0.25) is 0 Å². The molecule has 0 fully saturated rings. The molecule has 0 bridgehead atoms. The number of furan rings is 2. The molecular weight excluding hydrogens is 410 g/mol. The van der Waals surface area contributed by atoms with Crippen LogP contribution in [0.4, 0.5) is 17.2 Å². The number of rotatable bonds is 3. The number of fused-ring (bicyclic) bond motifs is 6. The Bertz CT molecular complexity index is 1670. The molecule has 0 aliphatic carbocycles. The summed E-state index contributed by atoms with van der Waals surface area (Å²) in [5.41, 5.74) is 6.88. The maximum atomic E-state index is 5.99. The number of anilines is 3. The summed E-state index contributed by atoms with van der Waals surface area (Å²) in [7, 11) is 0. The highest BCUT2D eigenvalue weighted by Gasteiger charge is 2.18. The molecule has 0 spiro atoms. The standard InChI is InChI=1S/C28H17N3O2/c1-2-7-18(8-3-1)31(19-12-13-23-21(17-19)27-24(33-23)11-6-16-29-27)26-15-14-25-28(30-26)20-9-4-5-10-22(20)32-25/h1-17H. The molecule has 0 aliphatic rings. The SMILES string of the molecule is c1ccc(N(c2ccc3oc4cccnc4c3c2)c2ccc3oc4ccccc4c3n2)cc1. The predicted octanol–water partition coefficient (Wildman–Crippen LogP) is 7.75. The first-order valence-corrected chi connectivity index (χ1v) is 10.8. The van der Waals surface area contributed by atoms with Crippen molar-refractivity contribution in [1.82, 2.24) is 9.97 Å². The first-order chi connectivity index (χ1) is 16.3. The van der Waals surface area contributed by atoms with Crippen LogP contribution in [0, 0.1) is 0 Å². The minimum Gasteiger partial charge on any atom is -0.454 e. The van der Waals surface area contributed by atoms with Crippen LogP contribution in [0.15, 0.2) is 112 Å². The Labute approximate surface area is 188 Å². The van der Waals surface area contributed by atoms with Gasteiger partial charge in [0.15, 0.2) is 11.2 Å². The van der Waals surface area contributed by atoms with Crippen molar-refractivity contribution in [3.05, 3.63) is 103 Å². The zero-order valence-corrected chi connectivity index (χ0v) is 17.5. The highest BCUT2D eigenvalue weighted by Crippen LogP contribution is 2.38. The van der Waals surface area contributed by atoms with Gasteiger partial charge in [-0.05, 0) is 66.7 Å². The summed E-state index contributed by atoms with van der Waals surface area (Å²) in [5, 5.41) is 1.97. The second-order valence-corrected chi connectivity index (χ2v) is 7.92. The molecule has 156 valence electrons. The third-order valence-electron chi connectivity index (χ3n) is 5.92. The molecule has 0 aliphatic heterocycles. The van der Waals surface area contributed by atoms with Crippen molar-refractivity contribution in [2.24, 2.45) is 0 Å². The summed E-state index contributed by atoms with van der Waals surface area (Å²) >= 11 is 0. The second-order valence-electron chi connectivity index (χ2n) is 7.92. The average molecular weight is 427 g/mol. The molecule has 0 radical (unpaired) electrons. The van der Waals surface area contributed by atoms with Gasteiger partial charge in [-0.1, -0.05) is 30.3 Å². The maximum Gasteiger partial charge on any atom is 0.154 e. The van der Waals surface area contributed by atoms with Crippen molar-refractivity contribution in [2.45, 2.75) is 0 Å². The average Bonchev–Trinajstić information content (AvgIpc) is 3.43. The van der Waals surface area contributed by atoms with E-state index in [1.807, 2.05) is 72.8 Å². The van der Waals surface area contributed by atoms with E-state index in [0.717, 1.165) is 61.3 Å². The molecule has 0 saturated carbocycles. The summed E-state index contributed by atoms with van der Waals surface area (Å²) < 4.78 is 12.0. The van der Waals surface area contributed by atoms with Crippen LogP contribution in [0.1, 0.15) is 0 Å². The van der Waals surface area contributed by atoms with Crippen molar-refractivity contribution in [3.63, 3.8) is 0 Å². The van der Waals surface area contributed by atoms with E-state index in [0.29, 0.717) is 0 Å². The third-order valence-corrected chi connectivity index (χ3v) is 5.92.